The Balaban J connectivity index is 2.50. The highest BCUT2D eigenvalue weighted by molar-refractivity contribution is 5.65. The quantitative estimate of drug-likeness (QED) is 0.746. The van der Waals surface area contributed by atoms with Gasteiger partial charge in [-0.15, -0.1) is 0 Å². The summed E-state index contributed by atoms with van der Waals surface area (Å²) in [4.78, 5) is 7.23. The Bertz CT molecular complexity index is 533. The molecule has 17 heavy (non-hydrogen) atoms. The molecular weight excluding hydrogens is 216 g/mol. The van der Waals surface area contributed by atoms with Crippen molar-refractivity contribution in [2.45, 2.75) is 13.5 Å². The van der Waals surface area contributed by atoms with Gasteiger partial charge in [0.2, 0.25) is 0 Å². The van der Waals surface area contributed by atoms with Crippen LogP contribution in [0.1, 0.15) is 11.3 Å². The number of anilines is 1. The number of ether oxygens (including phenoxy) is 1. The molecule has 0 atom stereocenters. The van der Waals surface area contributed by atoms with Gasteiger partial charge in [-0.05, 0) is 25.1 Å². The Morgan fingerprint density at radius 1 is 1.41 bits per heavy atom. The first kappa shape index (κ1) is 11.5. The summed E-state index contributed by atoms with van der Waals surface area (Å²) in [6.07, 6.45) is 0. The monoisotopic (exact) mass is 232 g/mol. The van der Waals surface area contributed by atoms with E-state index < -0.39 is 0 Å². The maximum atomic E-state index is 5.68. The van der Waals surface area contributed by atoms with Crippen molar-refractivity contribution in [1.29, 1.82) is 0 Å². The molecule has 0 aliphatic rings. The Kier molecular flexibility index (Phi) is 3.01. The van der Waals surface area contributed by atoms with E-state index in [-0.39, 0.29) is 0 Å². The van der Waals surface area contributed by atoms with E-state index in [1.54, 1.807) is 7.11 Å². The highest BCUT2D eigenvalue weighted by atomic mass is 16.5. The van der Waals surface area contributed by atoms with Gasteiger partial charge in [0.1, 0.15) is 5.75 Å². The molecule has 0 amide bonds. The van der Waals surface area contributed by atoms with Gasteiger partial charge < -0.3 is 21.2 Å². The molecule has 0 bridgehead atoms. The number of aromatic nitrogens is 2. The van der Waals surface area contributed by atoms with E-state index in [1.807, 2.05) is 25.1 Å². The molecule has 0 radical (unpaired) electrons. The van der Waals surface area contributed by atoms with E-state index in [4.69, 9.17) is 16.2 Å². The third kappa shape index (κ3) is 2.09. The molecule has 0 aliphatic carbocycles. The van der Waals surface area contributed by atoms with Crippen LogP contribution in [0.25, 0.3) is 11.3 Å². The fourth-order valence-electron chi connectivity index (χ4n) is 1.85. The Morgan fingerprint density at radius 3 is 2.71 bits per heavy atom. The van der Waals surface area contributed by atoms with Gasteiger partial charge in [-0.2, -0.15) is 0 Å². The smallest absolute Gasteiger partial charge is 0.198 e. The first-order chi connectivity index (χ1) is 8.15. The SMILES string of the molecule is COc1ccc(-c2nc(N)[nH]c2C)cc1CN. The Hall–Kier alpha value is -2.01. The topological polar surface area (TPSA) is 90.0 Å². The highest BCUT2D eigenvalue weighted by Crippen LogP contribution is 2.27. The van der Waals surface area contributed by atoms with Crippen molar-refractivity contribution in [2.24, 2.45) is 5.73 Å². The number of nitrogens with one attached hydrogen (secondary N) is 1. The van der Waals surface area contributed by atoms with Gasteiger partial charge in [-0.25, -0.2) is 4.98 Å². The van der Waals surface area contributed by atoms with Crippen molar-refractivity contribution in [2.75, 3.05) is 12.8 Å². The largest absolute Gasteiger partial charge is 0.496 e. The molecule has 0 aliphatic heterocycles. The van der Waals surface area contributed by atoms with Gasteiger partial charge in [0.25, 0.3) is 0 Å². The van der Waals surface area contributed by atoms with Crippen LogP contribution in [0.3, 0.4) is 0 Å². The summed E-state index contributed by atoms with van der Waals surface area (Å²) in [7, 11) is 1.63. The molecule has 0 saturated carbocycles. The fraction of sp³-hybridized carbons (Fsp3) is 0.250. The first-order valence-electron chi connectivity index (χ1n) is 5.35. The third-order valence-electron chi connectivity index (χ3n) is 2.68. The molecule has 1 aromatic heterocycles. The second-order valence-corrected chi connectivity index (χ2v) is 3.83. The van der Waals surface area contributed by atoms with Crippen molar-refractivity contribution in [3.8, 4) is 17.0 Å². The second-order valence-electron chi connectivity index (χ2n) is 3.83. The standard InChI is InChI=1S/C12H16N4O/c1-7-11(16-12(14)15-7)8-3-4-10(17-2)9(5-8)6-13/h3-5H,6,13H2,1-2H3,(H3,14,15,16). The zero-order chi connectivity index (χ0) is 12.4. The summed E-state index contributed by atoms with van der Waals surface area (Å²) in [5, 5.41) is 0. The van der Waals surface area contributed by atoms with Crippen LogP contribution in [0.2, 0.25) is 0 Å². The third-order valence-corrected chi connectivity index (χ3v) is 2.68. The molecule has 0 unspecified atom stereocenters. The van der Waals surface area contributed by atoms with Gasteiger partial charge in [0.15, 0.2) is 5.95 Å². The van der Waals surface area contributed by atoms with Crippen LogP contribution in [0.5, 0.6) is 5.75 Å². The van der Waals surface area contributed by atoms with Gasteiger partial charge in [-0.3, -0.25) is 0 Å². The summed E-state index contributed by atoms with van der Waals surface area (Å²) in [5.41, 5.74) is 15.0. The summed E-state index contributed by atoms with van der Waals surface area (Å²) in [5.74, 6) is 1.21. The molecule has 1 heterocycles. The Morgan fingerprint density at radius 2 is 2.18 bits per heavy atom. The van der Waals surface area contributed by atoms with E-state index in [2.05, 4.69) is 9.97 Å². The molecule has 5 nitrogen and oxygen atoms in total. The van der Waals surface area contributed by atoms with Crippen molar-refractivity contribution >= 4 is 5.95 Å². The molecule has 2 rings (SSSR count). The number of benzene rings is 1. The molecule has 0 spiro atoms. The summed E-state index contributed by atoms with van der Waals surface area (Å²) >= 11 is 0. The van der Waals surface area contributed by atoms with Crippen LogP contribution in [-0.2, 0) is 6.54 Å². The molecule has 1 aromatic carbocycles. The normalized spacial score (nSPS) is 10.5. The van der Waals surface area contributed by atoms with Crippen molar-refractivity contribution in [3.63, 3.8) is 0 Å². The average Bonchev–Trinajstić information content (AvgIpc) is 2.67. The zero-order valence-electron chi connectivity index (χ0n) is 9.95. The Labute approximate surface area is 99.8 Å². The number of aromatic amines is 1. The minimum Gasteiger partial charge on any atom is -0.496 e. The molecule has 90 valence electrons. The number of nitrogen functional groups attached to an aromatic ring is 1. The van der Waals surface area contributed by atoms with Crippen LogP contribution in [0.15, 0.2) is 18.2 Å². The van der Waals surface area contributed by atoms with Crippen LogP contribution < -0.4 is 16.2 Å². The lowest BCUT2D eigenvalue weighted by Gasteiger charge is -2.08. The van der Waals surface area contributed by atoms with Gasteiger partial charge in [-0.1, -0.05) is 0 Å². The molecular formula is C12H16N4O. The van der Waals surface area contributed by atoms with Crippen LogP contribution in [-0.4, -0.2) is 17.1 Å². The lowest BCUT2D eigenvalue weighted by Crippen LogP contribution is -2.00. The summed E-state index contributed by atoms with van der Waals surface area (Å²) in [6, 6.07) is 5.81. The lowest BCUT2D eigenvalue weighted by atomic mass is 10.1. The van der Waals surface area contributed by atoms with Crippen molar-refractivity contribution < 1.29 is 4.74 Å². The van der Waals surface area contributed by atoms with Crippen molar-refractivity contribution in [3.05, 3.63) is 29.5 Å². The van der Waals surface area contributed by atoms with E-state index in [0.717, 1.165) is 28.3 Å². The number of H-pyrrole nitrogens is 1. The highest BCUT2D eigenvalue weighted by Gasteiger charge is 2.10. The zero-order valence-corrected chi connectivity index (χ0v) is 9.95. The minimum absolute atomic E-state index is 0.419. The fourth-order valence-corrected chi connectivity index (χ4v) is 1.85. The first-order valence-corrected chi connectivity index (χ1v) is 5.35. The molecule has 0 saturated heterocycles. The number of rotatable bonds is 3. The van der Waals surface area contributed by atoms with Gasteiger partial charge in [0, 0.05) is 23.4 Å². The average molecular weight is 232 g/mol. The lowest BCUT2D eigenvalue weighted by molar-refractivity contribution is 0.410. The predicted molar refractivity (Wildman–Crippen MR) is 67.6 cm³/mol. The summed E-state index contributed by atoms with van der Waals surface area (Å²) < 4.78 is 5.23. The number of aryl methyl sites for hydroxylation is 1. The minimum atomic E-state index is 0.419. The molecule has 5 heteroatoms. The molecule has 5 N–H and O–H groups in total. The number of nitrogens with two attached hydrogens (primary N) is 2. The van der Waals surface area contributed by atoms with Gasteiger partial charge >= 0.3 is 0 Å². The van der Waals surface area contributed by atoms with Crippen LogP contribution in [0, 0.1) is 6.92 Å². The molecule has 2 aromatic rings. The maximum absolute atomic E-state index is 5.68. The van der Waals surface area contributed by atoms with Crippen LogP contribution in [0.4, 0.5) is 5.95 Å². The van der Waals surface area contributed by atoms with Crippen LogP contribution >= 0.6 is 0 Å². The number of hydrogen-bond acceptors (Lipinski definition) is 4. The van der Waals surface area contributed by atoms with Crippen molar-refractivity contribution in [1.82, 2.24) is 9.97 Å². The predicted octanol–water partition coefficient (Wildman–Crippen LogP) is 1.43. The number of nitrogens with zero attached hydrogens (tertiary/aromatic N) is 1. The van der Waals surface area contributed by atoms with E-state index in [0.29, 0.717) is 12.5 Å². The second kappa shape index (κ2) is 4.47. The number of imidazole rings is 1. The molecule has 0 fully saturated rings. The number of hydrogen-bond donors (Lipinski definition) is 3. The van der Waals surface area contributed by atoms with E-state index in [1.165, 1.54) is 0 Å². The summed E-state index contributed by atoms with van der Waals surface area (Å²) in [6.45, 7) is 2.36. The van der Waals surface area contributed by atoms with Gasteiger partial charge in [0.05, 0.1) is 12.8 Å². The number of methoxy groups -OCH3 is 1. The maximum Gasteiger partial charge on any atom is 0.198 e. The van der Waals surface area contributed by atoms with E-state index >= 15 is 0 Å². The van der Waals surface area contributed by atoms with E-state index in [9.17, 15) is 0 Å².